The highest BCUT2D eigenvalue weighted by Gasteiger charge is 2.36. The zero-order valence-corrected chi connectivity index (χ0v) is 11.0. The van der Waals surface area contributed by atoms with Gasteiger partial charge in [0.25, 0.3) is 5.91 Å². The maximum absolute atomic E-state index is 12.1. The van der Waals surface area contributed by atoms with Crippen LogP contribution in [0.1, 0.15) is 19.3 Å². The van der Waals surface area contributed by atoms with Gasteiger partial charge in [0, 0.05) is 6.61 Å². The predicted octanol–water partition coefficient (Wildman–Crippen LogP) is 1.85. The van der Waals surface area contributed by atoms with Gasteiger partial charge < -0.3 is 14.4 Å². The average Bonchev–Trinajstić information content (AvgIpc) is 2.44. The number of carbonyl (C=O) groups excluding carboxylic acids is 1. The summed E-state index contributed by atoms with van der Waals surface area (Å²) in [6.07, 6.45) is 2.93. The quantitative estimate of drug-likeness (QED) is 0.833. The van der Waals surface area contributed by atoms with E-state index in [1.807, 2.05) is 35.2 Å². The van der Waals surface area contributed by atoms with Crippen LogP contribution in [-0.2, 0) is 9.53 Å². The molecule has 2 saturated heterocycles. The summed E-state index contributed by atoms with van der Waals surface area (Å²) in [5.41, 5.74) is 0. The van der Waals surface area contributed by atoms with Crippen LogP contribution >= 0.6 is 0 Å². The Bertz CT molecular complexity index is 422. The Morgan fingerprint density at radius 1 is 1.21 bits per heavy atom. The molecule has 4 heteroatoms. The summed E-state index contributed by atoms with van der Waals surface area (Å²) in [4.78, 5) is 14.0. The number of likely N-dealkylation sites (tertiary alicyclic amines) is 1. The van der Waals surface area contributed by atoms with Gasteiger partial charge in [0.1, 0.15) is 18.0 Å². The lowest BCUT2D eigenvalue weighted by Crippen LogP contribution is -2.59. The fourth-order valence-electron chi connectivity index (χ4n) is 2.52. The number of rotatable bonds is 3. The molecule has 102 valence electrons. The molecule has 1 aromatic rings. The van der Waals surface area contributed by atoms with Gasteiger partial charge in [0.15, 0.2) is 0 Å². The van der Waals surface area contributed by atoms with Crippen molar-refractivity contribution in [3.63, 3.8) is 0 Å². The van der Waals surface area contributed by atoms with E-state index in [9.17, 15) is 4.79 Å². The summed E-state index contributed by atoms with van der Waals surface area (Å²) >= 11 is 0. The molecule has 0 radical (unpaired) electrons. The standard InChI is InChI=1S/C15H19NO3/c17-15(14-8-4-5-9-18-14)16-10-13(11-16)19-12-6-2-1-3-7-12/h1-3,6-7,13-14H,4-5,8-11H2. The smallest absolute Gasteiger partial charge is 0.251 e. The Kier molecular flexibility index (Phi) is 3.69. The van der Waals surface area contributed by atoms with Gasteiger partial charge in [-0.1, -0.05) is 18.2 Å². The van der Waals surface area contributed by atoms with Gasteiger partial charge in [-0.15, -0.1) is 0 Å². The minimum Gasteiger partial charge on any atom is -0.487 e. The fraction of sp³-hybridized carbons (Fsp3) is 0.533. The minimum atomic E-state index is -0.216. The van der Waals surface area contributed by atoms with E-state index in [0.717, 1.165) is 25.0 Å². The largest absolute Gasteiger partial charge is 0.487 e. The lowest BCUT2D eigenvalue weighted by Gasteiger charge is -2.41. The second-order valence-corrected chi connectivity index (χ2v) is 5.15. The third kappa shape index (κ3) is 2.89. The molecule has 0 aromatic heterocycles. The fourth-order valence-corrected chi connectivity index (χ4v) is 2.52. The number of para-hydroxylation sites is 1. The van der Waals surface area contributed by atoms with E-state index in [2.05, 4.69) is 0 Å². The minimum absolute atomic E-state index is 0.120. The molecule has 2 aliphatic rings. The molecule has 4 nitrogen and oxygen atoms in total. The molecule has 0 N–H and O–H groups in total. The van der Waals surface area contributed by atoms with Gasteiger partial charge in [-0.25, -0.2) is 0 Å². The van der Waals surface area contributed by atoms with Gasteiger partial charge in [-0.2, -0.15) is 0 Å². The van der Waals surface area contributed by atoms with Crippen LogP contribution in [0, 0.1) is 0 Å². The molecule has 1 aromatic carbocycles. The Labute approximate surface area is 113 Å². The van der Waals surface area contributed by atoms with Crippen molar-refractivity contribution in [3.8, 4) is 5.75 Å². The third-order valence-electron chi connectivity index (χ3n) is 3.66. The van der Waals surface area contributed by atoms with Gasteiger partial charge >= 0.3 is 0 Å². The van der Waals surface area contributed by atoms with Crippen LogP contribution in [0.2, 0.25) is 0 Å². The molecule has 1 amide bonds. The van der Waals surface area contributed by atoms with Crippen molar-refractivity contribution in [2.24, 2.45) is 0 Å². The Balaban J connectivity index is 1.46. The molecule has 0 aliphatic carbocycles. The van der Waals surface area contributed by atoms with Gasteiger partial charge in [0.05, 0.1) is 13.1 Å². The second kappa shape index (κ2) is 5.61. The second-order valence-electron chi connectivity index (χ2n) is 5.15. The third-order valence-corrected chi connectivity index (χ3v) is 3.66. The molecule has 2 heterocycles. The number of ether oxygens (including phenoxy) is 2. The molecule has 1 unspecified atom stereocenters. The number of benzene rings is 1. The van der Waals surface area contributed by atoms with Crippen molar-refractivity contribution in [1.82, 2.24) is 4.90 Å². The Morgan fingerprint density at radius 3 is 2.68 bits per heavy atom. The summed E-state index contributed by atoms with van der Waals surface area (Å²) in [5.74, 6) is 1.00. The zero-order valence-electron chi connectivity index (χ0n) is 11.0. The molecule has 0 bridgehead atoms. The Hall–Kier alpha value is -1.55. The number of hydrogen-bond donors (Lipinski definition) is 0. The molecule has 0 saturated carbocycles. The van der Waals surface area contributed by atoms with Crippen LogP contribution in [0.3, 0.4) is 0 Å². The van der Waals surface area contributed by atoms with E-state index in [0.29, 0.717) is 19.7 Å². The summed E-state index contributed by atoms with van der Waals surface area (Å²) in [6, 6.07) is 9.74. The molecule has 2 aliphatic heterocycles. The van der Waals surface area contributed by atoms with E-state index in [-0.39, 0.29) is 18.1 Å². The van der Waals surface area contributed by atoms with Crippen LogP contribution in [-0.4, -0.2) is 42.7 Å². The van der Waals surface area contributed by atoms with Gasteiger partial charge in [-0.3, -0.25) is 4.79 Å². The van der Waals surface area contributed by atoms with Gasteiger partial charge in [-0.05, 0) is 31.4 Å². The first-order chi connectivity index (χ1) is 9.33. The molecular weight excluding hydrogens is 242 g/mol. The first-order valence-electron chi connectivity index (χ1n) is 6.95. The van der Waals surface area contributed by atoms with Crippen molar-refractivity contribution in [1.29, 1.82) is 0 Å². The SMILES string of the molecule is O=C(C1CCCCO1)N1CC(Oc2ccccc2)C1. The lowest BCUT2D eigenvalue weighted by molar-refractivity contribution is -0.155. The van der Waals surface area contributed by atoms with Crippen molar-refractivity contribution < 1.29 is 14.3 Å². The molecule has 3 rings (SSSR count). The number of nitrogens with zero attached hydrogens (tertiary/aromatic N) is 1. The maximum atomic E-state index is 12.1. The van der Waals surface area contributed by atoms with Crippen LogP contribution < -0.4 is 4.74 Å². The normalized spacial score (nSPS) is 23.8. The first kappa shape index (κ1) is 12.5. The highest BCUT2D eigenvalue weighted by Crippen LogP contribution is 2.21. The number of hydrogen-bond acceptors (Lipinski definition) is 3. The molecule has 19 heavy (non-hydrogen) atoms. The molecule has 1 atom stereocenters. The highest BCUT2D eigenvalue weighted by atomic mass is 16.5. The van der Waals surface area contributed by atoms with E-state index in [1.165, 1.54) is 0 Å². The van der Waals surface area contributed by atoms with Crippen molar-refractivity contribution in [2.45, 2.75) is 31.5 Å². The number of carbonyl (C=O) groups is 1. The monoisotopic (exact) mass is 261 g/mol. The molecule has 2 fully saturated rings. The Morgan fingerprint density at radius 2 is 2.00 bits per heavy atom. The average molecular weight is 261 g/mol. The zero-order chi connectivity index (χ0) is 13.1. The molecular formula is C15H19NO3. The van der Waals surface area contributed by atoms with E-state index in [1.54, 1.807) is 0 Å². The van der Waals surface area contributed by atoms with Gasteiger partial charge in [0.2, 0.25) is 0 Å². The topological polar surface area (TPSA) is 38.8 Å². The first-order valence-corrected chi connectivity index (χ1v) is 6.95. The molecule has 0 spiro atoms. The maximum Gasteiger partial charge on any atom is 0.251 e. The predicted molar refractivity (Wildman–Crippen MR) is 71.0 cm³/mol. The summed E-state index contributed by atoms with van der Waals surface area (Å²) in [7, 11) is 0. The van der Waals surface area contributed by atoms with Crippen molar-refractivity contribution in [2.75, 3.05) is 19.7 Å². The van der Waals surface area contributed by atoms with Crippen LogP contribution in [0.4, 0.5) is 0 Å². The highest BCUT2D eigenvalue weighted by molar-refractivity contribution is 5.81. The van der Waals surface area contributed by atoms with E-state index >= 15 is 0 Å². The lowest BCUT2D eigenvalue weighted by atomic mass is 10.1. The summed E-state index contributed by atoms with van der Waals surface area (Å²) in [5, 5.41) is 0. The van der Waals surface area contributed by atoms with E-state index in [4.69, 9.17) is 9.47 Å². The summed E-state index contributed by atoms with van der Waals surface area (Å²) < 4.78 is 11.3. The van der Waals surface area contributed by atoms with Crippen molar-refractivity contribution in [3.05, 3.63) is 30.3 Å². The van der Waals surface area contributed by atoms with Crippen LogP contribution in [0.15, 0.2) is 30.3 Å². The van der Waals surface area contributed by atoms with Crippen LogP contribution in [0.25, 0.3) is 0 Å². The number of amides is 1. The van der Waals surface area contributed by atoms with E-state index < -0.39 is 0 Å². The van der Waals surface area contributed by atoms with Crippen molar-refractivity contribution >= 4 is 5.91 Å². The summed E-state index contributed by atoms with van der Waals surface area (Å²) in [6.45, 7) is 2.06. The van der Waals surface area contributed by atoms with Crippen LogP contribution in [0.5, 0.6) is 5.75 Å².